The van der Waals surface area contributed by atoms with E-state index in [0.29, 0.717) is 23.7 Å². The maximum absolute atomic E-state index is 10.7. The molecule has 0 spiro atoms. The second-order valence-electron chi connectivity index (χ2n) is 4.90. The molecule has 0 amide bonds. The first kappa shape index (κ1) is 15.7. The minimum absolute atomic E-state index is 0.0183. The van der Waals surface area contributed by atoms with Gasteiger partial charge in [-0.1, -0.05) is 25.4 Å². The van der Waals surface area contributed by atoms with Crippen molar-refractivity contribution in [1.82, 2.24) is 0 Å². The van der Waals surface area contributed by atoms with Crippen molar-refractivity contribution < 1.29 is 10.0 Å². The molecule has 2 N–H and O–H groups in total. The molecule has 0 radical (unpaired) electrons. The number of halogens is 1. The van der Waals surface area contributed by atoms with E-state index in [4.69, 9.17) is 11.6 Å². The summed E-state index contributed by atoms with van der Waals surface area (Å²) in [6.45, 7) is 6.24. The molecular formula is C13H19ClN2O3. The average Bonchev–Trinajstić information content (AvgIpc) is 2.31. The van der Waals surface area contributed by atoms with Crippen LogP contribution in [0.5, 0.6) is 0 Å². The zero-order valence-electron chi connectivity index (χ0n) is 11.3. The van der Waals surface area contributed by atoms with E-state index in [9.17, 15) is 15.2 Å². The molecule has 6 heteroatoms. The van der Waals surface area contributed by atoms with Gasteiger partial charge in [0.15, 0.2) is 0 Å². The number of aliphatic hydroxyl groups excluding tert-OH is 1. The third kappa shape index (κ3) is 4.36. The predicted octanol–water partition coefficient (Wildman–Crippen LogP) is 3.38. The van der Waals surface area contributed by atoms with E-state index in [1.807, 2.05) is 13.8 Å². The lowest BCUT2D eigenvalue weighted by Gasteiger charge is -2.16. The summed E-state index contributed by atoms with van der Waals surface area (Å²) in [5.41, 5.74) is 1.39. The Hall–Kier alpha value is -1.33. The zero-order valence-corrected chi connectivity index (χ0v) is 12.1. The maximum atomic E-state index is 10.7. The highest BCUT2D eigenvalue weighted by Crippen LogP contribution is 2.30. The summed E-state index contributed by atoms with van der Waals surface area (Å²) < 4.78 is 0. The highest BCUT2D eigenvalue weighted by molar-refractivity contribution is 6.33. The molecule has 0 bridgehead atoms. The Morgan fingerprint density at radius 3 is 2.58 bits per heavy atom. The van der Waals surface area contributed by atoms with Crippen molar-refractivity contribution in [3.8, 4) is 0 Å². The van der Waals surface area contributed by atoms with Gasteiger partial charge in [-0.15, -0.1) is 0 Å². The van der Waals surface area contributed by atoms with Crippen LogP contribution >= 0.6 is 11.6 Å². The monoisotopic (exact) mass is 286 g/mol. The number of hydrogen-bond donors (Lipinski definition) is 2. The molecule has 106 valence electrons. The van der Waals surface area contributed by atoms with E-state index < -0.39 is 4.92 Å². The first-order valence-corrected chi connectivity index (χ1v) is 6.57. The van der Waals surface area contributed by atoms with Crippen LogP contribution in [0.1, 0.15) is 25.8 Å². The number of rotatable bonds is 6. The lowest BCUT2D eigenvalue weighted by molar-refractivity contribution is -0.384. The Morgan fingerprint density at radius 1 is 1.47 bits per heavy atom. The van der Waals surface area contributed by atoms with Gasteiger partial charge in [-0.25, -0.2) is 0 Å². The van der Waals surface area contributed by atoms with Crippen LogP contribution in [-0.4, -0.2) is 22.7 Å². The molecule has 0 aliphatic carbocycles. The van der Waals surface area contributed by atoms with Gasteiger partial charge in [0.2, 0.25) is 0 Å². The molecule has 0 heterocycles. The summed E-state index contributed by atoms with van der Waals surface area (Å²) >= 11 is 6.03. The average molecular weight is 287 g/mol. The number of benzene rings is 1. The number of nitro benzene ring substituents is 1. The van der Waals surface area contributed by atoms with Gasteiger partial charge in [0.1, 0.15) is 0 Å². The van der Waals surface area contributed by atoms with Crippen molar-refractivity contribution in [2.75, 3.05) is 11.9 Å². The number of anilines is 1. The smallest absolute Gasteiger partial charge is 0.271 e. The van der Waals surface area contributed by atoms with Gasteiger partial charge in [0, 0.05) is 18.7 Å². The number of non-ortho nitro benzene ring substituents is 1. The van der Waals surface area contributed by atoms with Crippen LogP contribution < -0.4 is 5.32 Å². The Balaban J connectivity index is 2.72. The molecule has 0 saturated heterocycles. The molecule has 1 atom stereocenters. The van der Waals surface area contributed by atoms with Gasteiger partial charge in [-0.2, -0.15) is 0 Å². The number of aliphatic hydroxyl groups is 1. The molecule has 0 fully saturated rings. The Kier molecular flexibility index (Phi) is 5.57. The third-order valence-corrected chi connectivity index (χ3v) is 3.29. The number of hydrogen-bond acceptors (Lipinski definition) is 4. The highest BCUT2D eigenvalue weighted by atomic mass is 35.5. The number of nitrogens with zero attached hydrogens (tertiary/aromatic N) is 1. The third-order valence-electron chi connectivity index (χ3n) is 2.99. The SMILES string of the molecule is Cc1cc([N+](=O)[O-])cc(Cl)c1NCCC(O)C(C)C. The van der Waals surface area contributed by atoms with Crippen molar-refractivity contribution >= 4 is 23.0 Å². The second kappa shape index (κ2) is 6.73. The quantitative estimate of drug-likeness (QED) is 0.621. The van der Waals surface area contributed by atoms with Crippen LogP contribution in [0, 0.1) is 23.0 Å². The Morgan fingerprint density at radius 2 is 2.11 bits per heavy atom. The lowest BCUT2D eigenvalue weighted by Crippen LogP contribution is -2.19. The highest BCUT2D eigenvalue weighted by Gasteiger charge is 2.14. The van der Waals surface area contributed by atoms with Gasteiger partial charge >= 0.3 is 0 Å². The Bertz CT molecular complexity index is 440. The van der Waals surface area contributed by atoms with Crippen molar-refractivity contribution in [3.63, 3.8) is 0 Å². The van der Waals surface area contributed by atoms with E-state index in [1.165, 1.54) is 12.1 Å². The van der Waals surface area contributed by atoms with Crippen LogP contribution in [0.3, 0.4) is 0 Å². The largest absolute Gasteiger partial charge is 0.393 e. The molecule has 0 saturated carbocycles. The van der Waals surface area contributed by atoms with Crippen LogP contribution in [0.15, 0.2) is 12.1 Å². The van der Waals surface area contributed by atoms with Gasteiger partial charge in [0.25, 0.3) is 5.69 Å². The number of nitro groups is 1. The van der Waals surface area contributed by atoms with Gasteiger partial charge in [0.05, 0.1) is 21.7 Å². The molecule has 5 nitrogen and oxygen atoms in total. The fourth-order valence-electron chi connectivity index (χ4n) is 1.73. The molecule has 1 aromatic carbocycles. The minimum Gasteiger partial charge on any atom is -0.393 e. The van der Waals surface area contributed by atoms with Crippen molar-refractivity contribution in [2.45, 2.75) is 33.3 Å². The Labute approximate surface area is 117 Å². The van der Waals surface area contributed by atoms with Gasteiger partial charge in [-0.05, 0) is 24.8 Å². The molecule has 0 aromatic heterocycles. The maximum Gasteiger partial charge on any atom is 0.271 e. The van der Waals surface area contributed by atoms with Gasteiger partial charge < -0.3 is 10.4 Å². The number of aryl methyl sites for hydroxylation is 1. The first-order valence-electron chi connectivity index (χ1n) is 6.19. The number of nitrogens with one attached hydrogen (secondary N) is 1. The normalized spacial score (nSPS) is 12.5. The van der Waals surface area contributed by atoms with E-state index in [-0.39, 0.29) is 17.7 Å². The first-order chi connectivity index (χ1) is 8.82. The van der Waals surface area contributed by atoms with E-state index >= 15 is 0 Å². The summed E-state index contributed by atoms with van der Waals surface area (Å²) in [4.78, 5) is 10.2. The van der Waals surface area contributed by atoms with E-state index in [2.05, 4.69) is 5.32 Å². The van der Waals surface area contributed by atoms with Crippen molar-refractivity contribution in [1.29, 1.82) is 0 Å². The van der Waals surface area contributed by atoms with Crippen molar-refractivity contribution in [2.24, 2.45) is 5.92 Å². The van der Waals surface area contributed by atoms with Crippen LogP contribution in [0.4, 0.5) is 11.4 Å². The fraction of sp³-hybridized carbons (Fsp3) is 0.538. The topological polar surface area (TPSA) is 75.4 Å². The minimum atomic E-state index is -0.467. The predicted molar refractivity (Wildman–Crippen MR) is 76.8 cm³/mol. The van der Waals surface area contributed by atoms with Crippen LogP contribution in [0.25, 0.3) is 0 Å². The molecule has 0 aliphatic rings. The summed E-state index contributed by atoms with van der Waals surface area (Å²) in [5, 5.41) is 23.8. The van der Waals surface area contributed by atoms with E-state index in [0.717, 1.165) is 5.56 Å². The lowest BCUT2D eigenvalue weighted by atomic mass is 10.0. The molecule has 19 heavy (non-hydrogen) atoms. The molecule has 1 rings (SSSR count). The van der Waals surface area contributed by atoms with Gasteiger partial charge in [-0.3, -0.25) is 10.1 Å². The molecule has 1 aromatic rings. The second-order valence-corrected chi connectivity index (χ2v) is 5.31. The molecule has 0 aliphatic heterocycles. The zero-order chi connectivity index (χ0) is 14.6. The van der Waals surface area contributed by atoms with Crippen LogP contribution in [0.2, 0.25) is 5.02 Å². The summed E-state index contributed by atoms with van der Waals surface area (Å²) in [6.07, 6.45) is 0.231. The fourth-order valence-corrected chi connectivity index (χ4v) is 2.06. The molecule has 1 unspecified atom stereocenters. The summed E-state index contributed by atoms with van der Waals surface area (Å²) in [6, 6.07) is 2.81. The van der Waals surface area contributed by atoms with E-state index in [1.54, 1.807) is 6.92 Å². The summed E-state index contributed by atoms with van der Waals surface area (Å²) in [7, 11) is 0. The standard InChI is InChI=1S/C13H19ClN2O3/c1-8(2)12(17)4-5-15-13-9(3)6-10(16(18)19)7-11(13)14/h6-8,12,15,17H,4-5H2,1-3H3. The van der Waals surface area contributed by atoms with Crippen LogP contribution in [-0.2, 0) is 0 Å². The molecular weight excluding hydrogens is 268 g/mol. The summed E-state index contributed by atoms with van der Waals surface area (Å²) in [5.74, 6) is 0.204. The van der Waals surface area contributed by atoms with Crippen molar-refractivity contribution in [3.05, 3.63) is 32.8 Å².